The van der Waals surface area contributed by atoms with Crippen molar-refractivity contribution in [1.29, 1.82) is 0 Å². The van der Waals surface area contributed by atoms with Gasteiger partial charge in [0.2, 0.25) is 16.0 Å². The first-order valence-corrected chi connectivity index (χ1v) is 14.1. The molecule has 0 amide bonds. The van der Waals surface area contributed by atoms with Gasteiger partial charge in [0.1, 0.15) is 11.6 Å². The largest absolute Gasteiger partial charge is 0.369 e. The second-order valence-electron chi connectivity index (χ2n) is 7.97. The van der Waals surface area contributed by atoms with Crippen molar-refractivity contribution in [2.45, 2.75) is 29.7 Å². The minimum Gasteiger partial charge on any atom is -0.369 e. The molecule has 4 rings (SSSR count). The Morgan fingerprint density at radius 1 is 1.22 bits per heavy atom. The number of nitrogens with zero attached hydrogens (tertiary/aromatic N) is 4. The Hall–Kier alpha value is -3.51. The molecular formula is C22H26N8O4S2. The monoisotopic (exact) mass is 530 g/mol. The van der Waals surface area contributed by atoms with Gasteiger partial charge in [0.25, 0.3) is 10.0 Å². The summed E-state index contributed by atoms with van der Waals surface area (Å²) in [5, 5.41) is 6.15. The van der Waals surface area contributed by atoms with E-state index in [1.54, 1.807) is 36.9 Å². The van der Waals surface area contributed by atoms with E-state index in [2.05, 4.69) is 46.9 Å². The van der Waals surface area contributed by atoms with E-state index in [0.29, 0.717) is 35.9 Å². The number of hydrogen-bond donors (Lipinski definition) is 4. The maximum Gasteiger partial charge on any atom is 0.259 e. The fourth-order valence-electron chi connectivity index (χ4n) is 3.26. The van der Waals surface area contributed by atoms with Crippen LogP contribution in [0.1, 0.15) is 24.2 Å². The molecule has 2 aromatic heterocycles. The van der Waals surface area contributed by atoms with Crippen LogP contribution in [-0.2, 0) is 27.1 Å². The maximum absolute atomic E-state index is 12.5. The quantitative estimate of drug-likeness (QED) is 0.286. The van der Waals surface area contributed by atoms with Gasteiger partial charge in [-0.1, -0.05) is 17.9 Å². The Kier molecular flexibility index (Phi) is 7.55. The predicted octanol–water partition coefficient (Wildman–Crippen LogP) is 1.08. The topological polar surface area (TPSA) is 160 Å². The van der Waals surface area contributed by atoms with Gasteiger partial charge >= 0.3 is 0 Å². The highest BCUT2D eigenvalue weighted by molar-refractivity contribution is 7.89. The van der Waals surface area contributed by atoms with Gasteiger partial charge in [-0.05, 0) is 31.5 Å². The van der Waals surface area contributed by atoms with Crippen molar-refractivity contribution in [3.63, 3.8) is 0 Å². The molecule has 36 heavy (non-hydrogen) atoms. The van der Waals surface area contributed by atoms with E-state index < -0.39 is 20.0 Å². The van der Waals surface area contributed by atoms with Crippen molar-refractivity contribution < 1.29 is 16.8 Å². The molecule has 0 unspecified atom stereocenters. The zero-order valence-corrected chi connectivity index (χ0v) is 21.4. The first-order valence-electron chi connectivity index (χ1n) is 11.1. The number of nitrogens with one attached hydrogen (secondary N) is 4. The van der Waals surface area contributed by atoms with E-state index >= 15 is 0 Å². The average molecular weight is 531 g/mol. The molecular weight excluding hydrogens is 504 g/mol. The Bertz CT molecular complexity index is 1520. The smallest absolute Gasteiger partial charge is 0.259 e. The summed E-state index contributed by atoms with van der Waals surface area (Å²) in [4.78, 5) is 13.0. The van der Waals surface area contributed by atoms with Crippen LogP contribution in [0.2, 0.25) is 0 Å². The molecule has 0 atom stereocenters. The molecule has 190 valence electrons. The zero-order chi connectivity index (χ0) is 25.8. The highest BCUT2D eigenvalue weighted by Gasteiger charge is 2.18. The van der Waals surface area contributed by atoms with E-state index in [4.69, 9.17) is 0 Å². The fraction of sp³-hybridized carbons (Fsp3) is 0.318. The second kappa shape index (κ2) is 10.6. The summed E-state index contributed by atoms with van der Waals surface area (Å²) in [5.41, 5.74) is 1.06. The molecule has 4 N–H and O–H groups in total. The Labute approximate surface area is 210 Å². The molecule has 1 aliphatic rings. The Morgan fingerprint density at radius 3 is 2.83 bits per heavy atom. The summed E-state index contributed by atoms with van der Waals surface area (Å²) >= 11 is 0. The SMILES string of the molecule is Cc1nc(S(=O)(=O)NCCC#Cc2cnc3nc2NCCCNS(=O)(=O)c2cccc(c2)N3)cn1C. The summed E-state index contributed by atoms with van der Waals surface area (Å²) in [6.45, 7) is 2.54. The normalized spacial score (nSPS) is 15.2. The van der Waals surface area contributed by atoms with Crippen molar-refractivity contribution in [1.82, 2.24) is 29.0 Å². The van der Waals surface area contributed by atoms with E-state index in [1.165, 1.54) is 18.3 Å². The van der Waals surface area contributed by atoms with E-state index in [0.717, 1.165) is 0 Å². The summed E-state index contributed by atoms with van der Waals surface area (Å²) < 4.78 is 56.4. The molecule has 3 heterocycles. The van der Waals surface area contributed by atoms with Crippen LogP contribution in [0.25, 0.3) is 0 Å². The second-order valence-corrected chi connectivity index (χ2v) is 11.5. The first-order chi connectivity index (χ1) is 17.1. The number of rotatable bonds is 4. The van der Waals surface area contributed by atoms with Gasteiger partial charge in [0.15, 0.2) is 5.03 Å². The van der Waals surface area contributed by atoms with Crippen LogP contribution in [0, 0.1) is 18.8 Å². The molecule has 0 fully saturated rings. The first kappa shape index (κ1) is 25.6. The molecule has 3 aromatic rings. The minimum atomic E-state index is -3.72. The lowest BCUT2D eigenvalue weighted by molar-refractivity contribution is 0.577. The van der Waals surface area contributed by atoms with E-state index in [-0.39, 0.29) is 35.4 Å². The van der Waals surface area contributed by atoms with Crippen LogP contribution in [0.15, 0.2) is 46.6 Å². The van der Waals surface area contributed by atoms with Crippen molar-refractivity contribution in [2.75, 3.05) is 30.3 Å². The van der Waals surface area contributed by atoms with Crippen molar-refractivity contribution in [3.8, 4) is 11.8 Å². The lowest BCUT2D eigenvalue weighted by atomic mass is 10.3. The van der Waals surface area contributed by atoms with Gasteiger partial charge in [-0.25, -0.2) is 36.2 Å². The van der Waals surface area contributed by atoms with Gasteiger partial charge in [0.05, 0.1) is 16.7 Å². The van der Waals surface area contributed by atoms with Gasteiger partial charge < -0.3 is 15.2 Å². The van der Waals surface area contributed by atoms with Crippen LogP contribution >= 0.6 is 0 Å². The molecule has 0 radical (unpaired) electrons. The third-order valence-electron chi connectivity index (χ3n) is 5.25. The molecule has 4 bridgehead atoms. The lowest BCUT2D eigenvalue weighted by Gasteiger charge is -2.10. The number of aromatic nitrogens is 4. The molecule has 1 aromatic carbocycles. The Balaban J connectivity index is 1.47. The van der Waals surface area contributed by atoms with Gasteiger partial charge in [-0.3, -0.25) is 0 Å². The number of aryl methyl sites for hydroxylation is 2. The summed E-state index contributed by atoms with van der Waals surface area (Å²) in [6.07, 6.45) is 3.80. The minimum absolute atomic E-state index is 0.0322. The van der Waals surface area contributed by atoms with Crippen LogP contribution < -0.4 is 20.1 Å². The van der Waals surface area contributed by atoms with Gasteiger partial charge in [-0.2, -0.15) is 4.98 Å². The highest BCUT2D eigenvalue weighted by Crippen LogP contribution is 2.21. The molecule has 0 spiro atoms. The summed E-state index contributed by atoms with van der Waals surface area (Å²) in [7, 11) is -5.61. The molecule has 12 nitrogen and oxygen atoms in total. The van der Waals surface area contributed by atoms with Crippen LogP contribution in [0.5, 0.6) is 0 Å². The maximum atomic E-state index is 12.5. The van der Waals surface area contributed by atoms with E-state index in [9.17, 15) is 16.8 Å². The number of benzene rings is 1. The number of fused-ring (bicyclic) bond motifs is 4. The number of imidazole rings is 1. The van der Waals surface area contributed by atoms with Crippen LogP contribution in [0.4, 0.5) is 17.5 Å². The molecule has 1 aliphatic heterocycles. The average Bonchev–Trinajstić information content (AvgIpc) is 3.18. The third-order valence-corrected chi connectivity index (χ3v) is 8.04. The van der Waals surface area contributed by atoms with E-state index in [1.807, 2.05) is 0 Å². The third kappa shape index (κ3) is 6.18. The lowest BCUT2D eigenvalue weighted by Crippen LogP contribution is -2.26. The molecule has 0 saturated carbocycles. The Morgan fingerprint density at radius 2 is 2.06 bits per heavy atom. The molecule has 0 aliphatic carbocycles. The number of hydrogen-bond acceptors (Lipinski definition) is 9. The van der Waals surface area contributed by atoms with Crippen LogP contribution in [-0.4, -0.2) is 56.0 Å². The summed E-state index contributed by atoms with van der Waals surface area (Å²) in [5.74, 6) is 7.28. The fourth-order valence-corrected chi connectivity index (χ4v) is 5.45. The number of anilines is 3. The molecule has 0 saturated heterocycles. The van der Waals surface area contributed by atoms with Crippen molar-refractivity contribution >= 4 is 37.5 Å². The van der Waals surface area contributed by atoms with Gasteiger partial charge in [-0.15, -0.1) is 0 Å². The van der Waals surface area contributed by atoms with Gasteiger partial charge in [0, 0.05) is 45.0 Å². The predicted molar refractivity (Wildman–Crippen MR) is 135 cm³/mol. The summed E-state index contributed by atoms with van der Waals surface area (Å²) in [6, 6.07) is 6.39. The highest BCUT2D eigenvalue weighted by atomic mass is 32.2. The zero-order valence-electron chi connectivity index (χ0n) is 19.7. The van der Waals surface area contributed by atoms with Crippen molar-refractivity contribution in [3.05, 3.63) is 48.0 Å². The number of sulfonamides is 2. The van der Waals surface area contributed by atoms with Crippen molar-refractivity contribution in [2.24, 2.45) is 7.05 Å². The standard InChI is InChI=1S/C22H26N8O4S2/c1-16-27-20(15-30(16)2)36(33,34)26-11-4-3-7-17-14-24-22-28-18-8-5-9-19(13-18)35(31,32)25-12-6-10-23-21(17)29-22/h5,8-9,13-15,25-26H,4,6,10-12H2,1-2H3,(H2,23,24,28,29). The van der Waals surface area contributed by atoms with Crippen LogP contribution in [0.3, 0.4) is 0 Å². The molecule has 14 heteroatoms.